The number of nitrogens with zero attached hydrogens (tertiary/aromatic N) is 2. The van der Waals surface area contributed by atoms with Crippen LogP contribution in [0.2, 0.25) is 0 Å². The second-order valence-corrected chi connectivity index (χ2v) is 6.51. The third-order valence-corrected chi connectivity index (χ3v) is 4.79. The van der Waals surface area contributed by atoms with E-state index in [1.807, 2.05) is 30.4 Å². The molecule has 1 aromatic carbocycles. The highest BCUT2D eigenvalue weighted by Crippen LogP contribution is 2.32. The number of H-pyrrole nitrogens is 1. The molecule has 1 N–H and O–H groups in total. The molecule has 1 amide bonds. The van der Waals surface area contributed by atoms with Gasteiger partial charge in [-0.25, -0.2) is 18.6 Å². The van der Waals surface area contributed by atoms with Gasteiger partial charge in [-0.3, -0.25) is 4.90 Å². The number of cyclic esters (lactones) is 1. The SMILES string of the molecule is O=C1OC[C@H](C2C=CC(OCCC(F)F)=CC2)N1c1ccc2nc[nH]c2c1. The van der Waals surface area contributed by atoms with Gasteiger partial charge >= 0.3 is 6.09 Å². The molecule has 142 valence electrons. The van der Waals surface area contributed by atoms with E-state index in [1.54, 1.807) is 17.3 Å². The largest absolute Gasteiger partial charge is 0.494 e. The van der Waals surface area contributed by atoms with Crippen molar-refractivity contribution in [1.29, 1.82) is 0 Å². The molecule has 0 radical (unpaired) electrons. The molecule has 27 heavy (non-hydrogen) atoms. The van der Waals surface area contributed by atoms with Gasteiger partial charge in [0.1, 0.15) is 12.4 Å². The van der Waals surface area contributed by atoms with Crippen molar-refractivity contribution in [2.45, 2.75) is 25.3 Å². The first-order valence-corrected chi connectivity index (χ1v) is 8.80. The van der Waals surface area contributed by atoms with Gasteiger partial charge in [0.05, 0.1) is 30.0 Å². The van der Waals surface area contributed by atoms with E-state index in [9.17, 15) is 13.6 Å². The number of alkyl halides is 2. The minimum absolute atomic E-state index is 0.0140. The quantitative estimate of drug-likeness (QED) is 0.828. The maximum atomic E-state index is 12.3. The summed E-state index contributed by atoms with van der Waals surface area (Å²) < 4.78 is 35.0. The van der Waals surface area contributed by atoms with E-state index in [1.165, 1.54) is 0 Å². The predicted molar refractivity (Wildman–Crippen MR) is 95.6 cm³/mol. The van der Waals surface area contributed by atoms with Crippen LogP contribution in [0, 0.1) is 5.92 Å². The lowest BCUT2D eigenvalue weighted by Gasteiger charge is -2.28. The summed E-state index contributed by atoms with van der Waals surface area (Å²) >= 11 is 0. The molecule has 0 saturated carbocycles. The number of rotatable bonds is 6. The highest BCUT2D eigenvalue weighted by molar-refractivity contribution is 5.93. The van der Waals surface area contributed by atoms with Crippen molar-refractivity contribution < 1.29 is 23.0 Å². The smallest absolute Gasteiger partial charge is 0.414 e. The number of hydrogen-bond acceptors (Lipinski definition) is 4. The first kappa shape index (κ1) is 17.5. The Kier molecular flexibility index (Phi) is 4.79. The third-order valence-electron chi connectivity index (χ3n) is 4.79. The van der Waals surface area contributed by atoms with Crippen molar-refractivity contribution >= 4 is 22.8 Å². The number of aromatic amines is 1. The standard InChI is InChI=1S/C19H19F2N3O3/c20-18(21)7-8-26-14-4-1-12(2-5-14)17-10-27-19(25)24(17)13-3-6-15-16(9-13)23-11-22-15/h1,3-6,9,11-12,17-18H,2,7-8,10H2,(H,22,23)/t12?,17-/m1/s1. The molecule has 1 aromatic heterocycles. The Morgan fingerprint density at radius 3 is 3.07 bits per heavy atom. The maximum Gasteiger partial charge on any atom is 0.414 e. The molecule has 1 aliphatic heterocycles. The zero-order chi connectivity index (χ0) is 18.8. The van der Waals surface area contributed by atoms with E-state index in [-0.39, 0.29) is 31.1 Å². The number of fused-ring (bicyclic) bond motifs is 1. The molecular formula is C19H19F2N3O3. The first-order valence-electron chi connectivity index (χ1n) is 8.80. The molecule has 8 heteroatoms. The van der Waals surface area contributed by atoms with Crippen LogP contribution < -0.4 is 4.90 Å². The summed E-state index contributed by atoms with van der Waals surface area (Å²) in [6, 6.07) is 5.44. The fraction of sp³-hybridized carbons (Fsp3) is 0.368. The fourth-order valence-electron chi connectivity index (χ4n) is 3.40. The van der Waals surface area contributed by atoms with Crippen LogP contribution in [0.5, 0.6) is 0 Å². The molecule has 4 rings (SSSR count). The molecule has 1 saturated heterocycles. The van der Waals surface area contributed by atoms with E-state index in [0.717, 1.165) is 16.7 Å². The lowest BCUT2D eigenvalue weighted by molar-refractivity contribution is 0.0962. The fourth-order valence-corrected chi connectivity index (χ4v) is 3.40. The molecule has 2 aliphatic rings. The highest BCUT2D eigenvalue weighted by Gasteiger charge is 2.38. The van der Waals surface area contributed by atoms with Gasteiger partial charge < -0.3 is 14.5 Å². The van der Waals surface area contributed by atoms with Gasteiger partial charge in [-0.1, -0.05) is 6.08 Å². The number of allylic oxidation sites excluding steroid dienone is 2. The van der Waals surface area contributed by atoms with Crippen LogP contribution in [0.15, 0.2) is 48.5 Å². The minimum atomic E-state index is -2.37. The highest BCUT2D eigenvalue weighted by atomic mass is 19.3. The number of ether oxygens (including phenoxy) is 2. The van der Waals surface area contributed by atoms with Crippen LogP contribution in [0.1, 0.15) is 12.8 Å². The number of amides is 1. The van der Waals surface area contributed by atoms with Crippen LogP contribution in [0.25, 0.3) is 11.0 Å². The number of hydrogen-bond donors (Lipinski definition) is 1. The first-order chi connectivity index (χ1) is 13.1. The van der Waals surface area contributed by atoms with E-state index in [0.29, 0.717) is 18.8 Å². The number of aromatic nitrogens is 2. The normalized spacial score (nSPS) is 22.4. The second kappa shape index (κ2) is 7.38. The average Bonchev–Trinajstić information content (AvgIpc) is 3.27. The number of benzene rings is 1. The molecular weight excluding hydrogens is 356 g/mol. The molecule has 0 spiro atoms. The van der Waals surface area contributed by atoms with Gasteiger partial charge in [-0.2, -0.15) is 0 Å². The van der Waals surface area contributed by atoms with Crippen LogP contribution in [0.3, 0.4) is 0 Å². The molecule has 2 heterocycles. The Labute approximate surface area is 154 Å². The van der Waals surface area contributed by atoms with Crippen LogP contribution >= 0.6 is 0 Å². The van der Waals surface area contributed by atoms with Crippen molar-refractivity contribution in [3.63, 3.8) is 0 Å². The molecule has 1 unspecified atom stereocenters. The second-order valence-electron chi connectivity index (χ2n) is 6.51. The van der Waals surface area contributed by atoms with Crippen molar-refractivity contribution in [1.82, 2.24) is 9.97 Å². The Morgan fingerprint density at radius 2 is 2.30 bits per heavy atom. The van der Waals surface area contributed by atoms with Crippen molar-refractivity contribution in [2.75, 3.05) is 18.1 Å². The van der Waals surface area contributed by atoms with Crippen LogP contribution in [-0.4, -0.2) is 41.7 Å². The summed E-state index contributed by atoms with van der Waals surface area (Å²) in [5, 5.41) is 0. The molecule has 1 fully saturated rings. The monoisotopic (exact) mass is 375 g/mol. The summed E-state index contributed by atoms with van der Waals surface area (Å²) in [7, 11) is 0. The third kappa shape index (κ3) is 3.65. The summed E-state index contributed by atoms with van der Waals surface area (Å²) in [6.45, 7) is 0.282. The average molecular weight is 375 g/mol. The molecule has 1 aliphatic carbocycles. The Hall–Kier alpha value is -2.90. The molecule has 2 aromatic rings. The number of halogens is 2. The Bertz CT molecular complexity index is 893. The Morgan fingerprint density at radius 1 is 1.41 bits per heavy atom. The van der Waals surface area contributed by atoms with Gasteiger partial charge in [0.15, 0.2) is 0 Å². The minimum Gasteiger partial charge on any atom is -0.494 e. The number of nitrogens with one attached hydrogen (secondary N) is 1. The zero-order valence-electron chi connectivity index (χ0n) is 14.5. The molecule has 6 nitrogen and oxygen atoms in total. The lowest BCUT2D eigenvalue weighted by atomic mass is 9.91. The summed E-state index contributed by atoms with van der Waals surface area (Å²) in [5.41, 5.74) is 2.42. The molecule has 0 bridgehead atoms. The van der Waals surface area contributed by atoms with Crippen molar-refractivity contribution in [2.24, 2.45) is 5.92 Å². The van der Waals surface area contributed by atoms with Gasteiger partial charge in [0.2, 0.25) is 6.43 Å². The maximum absolute atomic E-state index is 12.3. The summed E-state index contributed by atoms with van der Waals surface area (Å²) in [4.78, 5) is 21.2. The number of carbonyl (C=O) groups excluding carboxylic acids is 1. The van der Waals surface area contributed by atoms with Crippen molar-refractivity contribution in [3.8, 4) is 0 Å². The van der Waals surface area contributed by atoms with Crippen molar-refractivity contribution in [3.05, 3.63) is 48.5 Å². The van der Waals surface area contributed by atoms with E-state index in [4.69, 9.17) is 9.47 Å². The topological polar surface area (TPSA) is 67.5 Å². The van der Waals surface area contributed by atoms with Gasteiger partial charge in [0.25, 0.3) is 0 Å². The van der Waals surface area contributed by atoms with Crippen LogP contribution in [0.4, 0.5) is 19.3 Å². The number of anilines is 1. The van der Waals surface area contributed by atoms with E-state index >= 15 is 0 Å². The predicted octanol–water partition coefficient (Wildman–Crippen LogP) is 4.02. The number of carbonyl (C=O) groups is 1. The Balaban J connectivity index is 1.46. The van der Waals surface area contributed by atoms with E-state index in [2.05, 4.69) is 9.97 Å². The summed E-state index contributed by atoms with van der Waals surface area (Å²) in [5.74, 6) is 0.638. The van der Waals surface area contributed by atoms with E-state index < -0.39 is 6.43 Å². The zero-order valence-corrected chi connectivity index (χ0v) is 14.5. The summed E-state index contributed by atoms with van der Waals surface area (Å²) in [6.07, 6.45) is 4.82. The lowest BCUT2D eigenvalue weighted by Crippen LogP contribution is -2.38. The van der Waals surface area contributed by atoms with Gasteiger partial charge in [0, 0.05) is 18.0 Å². The van der Waals surface area contributed by atoms with Gasteiger partial charge in [-0.05, 0) is 36.8 Å². The molecule has 2 atom stereocenters. The van der Waals surface area contributed by atoms with Gasteiger partial charge in [-0.15, -0.1) is 0 Å². The number of imidazole rings is 1. The van der Waals surface area contributed by atoms with Crippen LogP contribution in [-0.2, 0) is 9.47 Å².